The molecular formula is C14H17BrClN3. The van der Waals surface area contributed by atoms with E-state index in [4.69, 9.17) is 11.6 Å². The van der Waals surface area contributed by atoms with E-state index in [2.05, 4.69) is 51.5 Å². The molecule has 0 saturated carbocycles. The average molecular weight is 343 g/mol. The van der Waals surface area contributed by atoms with E-state index in [1.165, 1.54) is 11.1 Å². The first-order chi connectivity index (χ1) is 9.11. The van der Waals surface area contributed by atoms with Crippen LogP contribution in [0.25, 0.3) is 0 Å². The highest BCUT2D eigenvalue weighted by Crippen LogP contribution is 2.21. The maximum absolute atomic E-state index is 6.01. The summed E-state index contributed by atoms with van der Waals surface area (Å²) in [5.41, 5.74) is 3.46. The van der Waals surface area contributed by atoms with Gasteiger partial charge in [0.05, 0.1) is 23.5 Å². The Kier molecular flexibility index (Phi) is 5.02. The number of benzene rings is 1. The van der Waals surface area contributed by atoms with Crippen molar-refractivity contribution in [2.45, 2.75) is 26.9 Å². The summed E-state index contributed by atoms with van der Waals surface area (Å²) < 4.78 is 3.01. The Hall–Kier alpha value is -0.840. The Labute approximate surface area is 127 Å². The van der Waals surface area contributed by atoms with Crippen LogP contribution in [-0.4, -0.2) is 16.3 Å². The van der Waals surface area contributed by atoms with Gasteiger partial charge >= 0.3 is 0 Å². The molecule has 0 aliphatic heterocycles. The molecule has 1 heterocycles. The summed E-state index contributed by atoms with van der Waals surface area (Å²) in [5.74, 6) is 0. The molecule has 0 bridgehead atoms. The van der Waals surface area contributed by atoms with Gasteiger partial charge in [0.2, 0.25) is 0 Å². The molecule has 0 aliphatic rings. The standard InChI is InChI=1S/C14H17BrClN3/c1-3-17-7-11-4-5-12(13(15)6-11)9-19-10(2)14(16)8-18-19/h4-6,8,17H,3,7,9H2,1-2H3. The van der Waals surface area contributed by atoms with Gasteiger partial charge in [-0.2, -0.15) is 5.10 Å². The number of aromatic nitrogens is 2. The molecule has 1 N–H and O–H groups in total. The van der Waals surface area contributed by atoms with Gasteiger partial charge in [0, 0.05) is 11.0 Å². The monoisotopic (exact) mass is 341 g/mol. The smallest absolute Gasteiger partial charge is 0.0815 e. The number of halogens is 2. The Morgan fingerprint density at radius 2 is 2.21 bits per heavy atom. The van der Waals surface area contributed by atoms with Gasteiger partial charge in [0.15, 0.2) is 0 Å². The highest BCUT2D eigenvalue weighted by Gasteiger charge is 2.07. The SMILES string of the molecule is CCNCc1ccc(Cn2ncc(Cl)c2C)c(Br)c1. The number of hydrogen-bond donors (Lipinski definition) is 1. The van der Waals surface area contributed by atoms with Crippen LogP contribution in [0.4, 0.5) is 0 Å². The van der Waals surface area contributed by atoms with Crippen molar-refractivity contribution in [2.75, 3.05) is 6.54 Å². The van der Waals surface area contributed by atoms with Crippen LogP contribution in [0.1, 0.15) is 23.7 Å². The molecule has 0 atom stereocenters. The van der Waals surface area contributed by atoms with Crippen molar-refractivity contribution in [3.63, 3.8) is 0 Å². The second kappa shape index (κ2) is 6.55. The highest BCUT2D eigenvalue weighted by molar-refractivity contribution is 9.10. The molecule has 0 aliphatic carbocycles. The van der Waals surface area contributed by atoms with Crippen LogP contribution in [0.3, 0.4) is 0 Å². The minimum absolute atomic E-state index is 0.708. The predicted molar refractivity (Wildman–Crippen MR) is 82.6 cm³/mol. The van der Waals surface area contributed by atoms with E-state index in [0.29, 0.717) is 5.02 Å². The number of nitrogens with zero attached hydrogens (tertiary/aromatic N) is 2. The van der Waals surface area contributed by atoms with E-state index in [1.54, 1.807) is 6.20 Å². The summed E-state index contributed by atoms with van der Waals surface area (Å²) >= 11 is 9.64. The van der Waals surface area contributed by atoms with Crippen LogP contribution >= 0.6 is 27.5 Å². The van der Waals surface area contributed by atoms with Crippen LogP contribution in [0.5, 0.6) is 0 Å². The summed E-state index contributed by atoms with van der Waals surface area (Å²) in [5, 5.41) is 8.30. The summed E-state index contributed by atoms with van der Waals surface area (Å²) in [6, 6.07) is 6.42. The first kappa shape index (κ1) is 14.6. The van der Waals surface area contributed by atoms with E-state index >= 15 is 0 Å². The van der Waals surface area contributed by atoms with Crippen molar-refractivity contribution >= 4 is 27.5 Å². The molecule has 0 unspecified atom stereocenters. The molecule has 3 nitrogen and oxygen atoms in total. The third-order valence-electron chi connectivity index (χ3n) is 3.06. The zero-order valence-electron chi connectivity index (χ0n) is 11.1. The highest BCUT2D eigenvalue weighted by atomic mass is 79.9. The van der Waals surface area contributed by atoms with E-state index in [0.717, 1.165) is 29.8 Å². The van der Waals surface area contributed by atoms with Gasteiger partial charge < -0.3 is 5.32 Å². The third kappa shape index (κ3) is 3.59. The zero-order chi connectivity index (χ0) is 13.8. The third-order valence-corrected chi connectivity index (χ3v) is 4.17. The molecule has 2 aromatic rings. The number of rotatable bonds is 5. The average Bonchev–Trinajstić information content (AvgIpc) is 2.71. The minimum atomic E-state index is 0.708. The van der Waals surface area contributed by atoms with Crippen LogP contribution in [0, 0.1) is 6.92 Å². The van der Waals surface area contributed by atoms with E-state index in [9.17, 15) is 0 Å². The fraction of sp³-hybridized carbons (Fsp3) is 0.357. The summed E-state index contributed by atoms with van der Waals surface area (Å²) in [4.78, 5) is 0. The molecule has 102 valence electrons. The molecule has 2 rings (SSSR count). The molecule has 19 heavy (non-hydrogen) atoms. The van der Waals surface area contributed by atoms with E-state index in [-0.39, 0.29) is 0 Å². The van der Waals surface area contributed by atoms with Crippen molar-refractivity contribution in [2.24, 2.45) is 0 Å². The van der Waals surface area contributed by atoms with Crippen LogP contribution < -0.4 is 5.32 Å². The van der Waals surface area contributed by atoms with Crippen LogP contribution in [0.2, 0.25) is 5.02 Å². The van der Waals surface area contributed by atoms with E-state index in [1.807, 2.05) is 11.6 Å². The maximum Gasteiger partial charge on any atom is 0.0815 e. The second-order valence-corrected chi connectivity index (χ2v) is 5.70. The van der Waals surface area contributed by atoms with Gasteiger partial charge in [0.1, 0.15) is 0 Å². The Bertz CT molecular complexity index is 566. The fourth-order valence-electron chi connectivity index (χ4n) is 1.84. The lowest BCUT2D eigenvalue weighted by Gasteiger charge is -2.09. The Morgan fingerprint density at radius 3 is 2.79 bits per heavy atom. The molecular weight excluding hydrogens is 326 g/mol. The van der Waals surface area contributed by atoms with Crippen molar-refractivity contribution in [3.05, 3.63) is 50.7 Å². The predicted octanol–water partition coefficient (Wildman–Crippen LogP) is 3.77. The van der Waals surface area contributed by atoms with Gasteiger partial charge in [0.25, 0.3) is 0 Å². The summed E-state index contributed by atoms with van der Waals surface area (Å²) in [6.45, 7) is 6.67. The van der Waals surface area contributed by atoms with Crippen LogP contribution in [-0.2, 0) is 13.1 Å². The van der Waals surface area contributed by atoms with Crippen LogP contribution in [0.15, 0.2) is 28.9 Å². The maximum atomic E-state index is 6.01. The van der Waals surface area contributed by atoms with Gasteiger partial charge in [-0.25, -0.2) is 0 Å². The first-order valence-corrected chi connectivity index (χ1v) is 7.44. The molecule has 1 aromatic heterocycles. The molecule has 1 aromatic carbocycles. The molecule has 0 fully saturated rings. The lowest BCUT2D eigenvalue weighted by molar-refractivity contribution is 0.662. The second-order valence-electron chi connectivity index (χ2n) is 4.44. The van der Waals surface area contributed by atoms with Gasteiger partial charge in [-0.1, -0.05) is 46.6 Å². The number of hydrogen-bond acceptors (Lipinski definition) is 2. The lowest BCUT2D eigenvalue weighted by Crippen LogP contribution is -2.12. The molecule has 0 spiro atoms. The zero-order valence-corrected chi connectivity index (χ0v) is 13.4. The number of nitrogens with one attached hydrogen (secondary N) is 1. The summed E-state index contributed by atoms with van der Waals surface area (Å²) in [7, 11) is 0. The normalized spacial score (nSPS) is 10.9. The molecule has 0 saturated heterocycles. The lowest BCUT2D eigenvalue weighted by atomic mass is 10.1. The van der Waals surface area contributed by atoms with Crippen molar-refractivity contribution in [1.29, 1.82) is 0 Å². The Morgan fingerprint density at radius 1 is 1.42 bits per heavy atom. The van der Waals surface area contributed by atoms with Crippen molar-refractivity contribution in [3.8, 4) is 0 Å². The minimum Gasteiger partial charge on any atom is -0.313 e. The molecule has 0 amide bonds. The van der Waals surface area contributed by atoms with Gasteiger partial charge in [-0.15, -0.1) is 0 Å². The topological polar surface area (TPSA) is 29.9 Å². The first-order valence-electron chi connectivity index (χ1n) is 6.27. The van der Waals surface area contributed by atoms with Crippen molar-refractivity contribution < 1.29 is 0 Å². The molecule has 5 heteroatoms. The van der Waals surface area contributed by atoms with Gasteiger partial charge in [-0.05, 0) is 30.7 Å². The Balaban J connectivity index is 2.15. The summed E-state index contributed by atoms with van der Waals surface area (Å²) in [6.07, 6.45) is 1.68. The van der Waals surface area contributed by atoms with E-state index < -0.39 is 0 Å². The largest absolute Gasteiger partial charge is 0.313 e. The fourth-order valence-corrected chi connectivity index (χ4v) is 2.54. The van der Waals surface area contributed by atoms with Gasteiger partial charge in [-0.3, -0.25) is 4.68 Å². The quantitative estimate of drug-likeness (QED) is 0.896. The van der Waals surface area contributed by atoms with Crippen molar-refractivity contribution in [1.82, 2.24) is 15.1 Å². The molecule has 0 radical (unpaired) electrons.